The average Bonchev–Trinajstić information content (AvgIpc) is 2.57. The molecule has 2 aromatic rings. The van der Waals surface area contributed by atoms with Gasteiger partial charge in [0, 0.05) is 12.4 Å². The lowest BCUT2D eigenvalue weighted by Crippen LogP contribution is -2.23. The van der Waals surface area contributed by atoms with Gasteiger partial charge in [0.15, 0.2) is 5.65 Å². The molecule has 0 radical (unpaired) electrons. The van der Waals surface area contributed by atoms with Crippen LogP contribution in [0.3, 0.4) is 0 Å². The molecule has 76 valence electrons. The fourth-order valence-electron chi connectivity index (χ4n) is 1.30. The lowest BCUT2D eigenvalue weighted by Gasteiger charge is -1.98. The molecule has 0 fully saturated rings. The average molecular weight is 203 g/mol. The first-order valence-electron chi connectivity index (χ1n) is 4.51. The van der Waals surface area contributed by atoms with E-state index < -0.39 is 0 Å². The highest BCUT2D eigenvalue weighted by Crippen LogP contribution is 1.97. The van der Waals surface area contributed by atoms with E-state index in [4.69, 9.17) is 5.26 Å². The summed E-state index contributed by atoms with van der Waals surface area (Å²) in [6.45, 7) is 2.05. The van der Waals surface area contributed by atoms with Crippen LogP contribution in [0.1, 0.15) is 6.92 Å². The highest BCUT2D eigenvalue weighted by Gasteiger charge is 2.08. The predicted octanol–water partition coefficient (Wildman–Crippen LogP) is 0.0507. The van der Waals surface area contributed by atoms with E-state index in [9.17, 15) is 4.79 Å². The fourth-order valence-corrected chi connectivity index (χ4v) is 1.30. The highest BCUT2D eigenvalue weighted by atomic mass is 16.2. The van der Waals surface area contributed by atoms with E-state index in [2.05, 4.69) is 16.2 Å². The molecule has 6 nitrogen and oxygen atoms in total. The molecule has 0 aliphatic heterocycles. The molecule has 0 aliphatic carbocycles. The molecule has 2 heterocycles. The van der Waals surface area contributed by atoms with Gasteiger partial charge in [-0.3, -0.25) is 4.98 Å². The SMILES string of the molecule is CC(C#N)Cn1nc2cnccn2c1=O. The highest BCUT2D eigenvalue weighted by molar-refractivity contribution is 5.31. The number of hydrogen-bond donors (Lipinski definition) is 0. The van der Waals surface area contributed by atoms with Crippen LogP contribution in [0.2, 0.25) is 0 Å². The van der Waals surface area contributed by atoms with Crippen molar-refractivity contribution in [3.63, 3.8) is 0 Å². The van der Waals surface area contributed by atoms with Crippen LogP contribution in [0.15, 0.2) is 23.4 Å². The summed E-state index contributed by atoms with van der Waals surface area (Å²) < 4.78 is 2.68. The Bertz CT molecular complexity index is 576. The van der Waals surface area contributed by atoms with Crippen LogP contribution in [-0.2, 0) is 6.54 Å². The monoisotopic (exact) mass is 203 g/mol. The predicted molar refractivity (Wildman–Crippen MR) is 52.0 cm³/mol. The molecule has 1 atom stereocenters. The van der Waals surface area contributed by atoms with Crippen molar-refractivity contribution in [2.45, 2.75) is 13.5 Å². The molecule has 0 spiro atoms. The summed E-state index contributed by atoms with van der Waals surface area (Å²) in [6, 6.07) is 2.06. The number of nitriles is 1. The number of rotatable bonds is 2. The summed E-state index contributed by atoms with van der Waals surface area (Å²) in [5.74, 6) is -0.236. The molecule has 15 heavy (non-hydrogen) atoms. The van der Waals surface area contributed by atoms with Gasteiger partial charge in [-0.2, -0.15) is 5.26 Å². The Hall–Kier alpha value is -2.16. The third kappa shape index (κ3) is 1.59. The zero-order chi connectivity index (χ0) is 10.8. The Morgan fingerprint density at radius 2 is 2.47 bits per heavy atom. The van der Waals surface area contributed by atoms with Crippen LogP contribution < -0.4 is 5.69 Å². The van der Waals surface area contributed by atoms with Crippen LogP contribution in [0.5, 0.6) is 0 Å². The van der Waals surface area contributed by atoms with Crippen molar-refractivity contribution < 1.29 is 0 Å². The number of nitrogens with zero attached hydrogens (tertiary/aromatic N) is 5. The van der Waals surface area contributed by atoms with Crippen LogP contribution in [0.4, 0.5) is 0 Å². The van der Waals surface area contributed by atoms with Crippen molar-refractivity contribution >= 4 is 5.65 Å². The Labute approximate surface area is 85.4 Å². The lowest BCUT2D eigenvalue weighted by atomic mass is 10.2. The Morgan fingerprint density at radius 1 is 1.67 bits per heavy atom. The van der Waals surface area contributed by atoms with Crippen molar-refractivity contribution in [1.82, 2.24) is 19.2 Å². The Kier molecular flexibility index (Phi) is 2.21. The second kappa shape index (κ2) is 3.53. The summed E-state index contributed by atoms with van der Waals surface area (Å²) >= 11 is 0. The summed E-state index contributed by atoms with van der Waals surface area (Å²) in [4.78, 5) is 15.6. The van der Waals surface area contributed by atoms with Crippen molar-refractivity contribution in [1.29, 1.82) is 5.26 Å². The maximum absolute atomic E-state index is 11.7. The molecule has 2 rings (SSSR count). The van der Waals surface area contributed by atoms with E-state index >= 15 is 0 Å². The molecule has 6 heteroatoms. The number of aromatic nitrogens is 4. The van der Waals surface area contributed by atoms with Gasteiger partial charge in [0.25, 0.3) is 0 Å². The first-order chi connectivity index (χ1) is 7.22. The molecule has 0 saturated carbocycles. The Morgan fingerprint density at radius 3 is 3.13 bits per heavy atom. The molecular weight excluding hydrogens is 194 g/mol. The van der Waals surface area contributed by atoms with Crippen LogP contribution in [0, 0.1) is 17.2 Å². The second-order valence-corrected chi connectivity index (χ2v) is 3.30. The van der Waals surface area contributed by atoms with Crippen molar-refractivity contribution in [3.05, 3.63) is 29.1 Å². The van der Waals surface area contributed by atoms with Crippen molar-refractivity contribution in [2.75, 3.05) is 0 Å². The molecule has 0 amide bonds. The molecule has 0 aliphatic rings. The smallest absolute Gasteiger partial charge is 0.259 e. The topological polar surface area (TPSA) is 76.0 Å². The molecule has 2 aromatic heterocycles. The van der Waals surface area contributed by atoms with Crippen molar-refractivity contribution in [2.24, 2.45) is 5.92 Å². The third-order valence-electron chi connectivity index (χ3n) is 2.06. The largest absolute Gasteiger partial charge is 0.350 e. The zero-order valence-corrected chi connectivity index (χ0v) is 8.16. The molecule has 0 saturated heterocycles. The minimum absolute atomic E-state index is 0.236. The summed E-state index contributed by atoms with van der Waals surface area (Å²) in [5, 5.41) is 12.7. The maximum Gasteiger partial charge on any atom is 0.350 e. The summed E-state index contributed by atoms with van der Waals surface area (Å²) in [5.41, 5.74) is 0.252. The molecule has 0 aromatic carbocycles. The van der Waals surface area contributed by atoms with Gasteiger partial charge in [0.2, 0.25) is 0 Å². The normalized spacial score (nSPS) is 12.5. The summed E-state index contributed by atoms with van der Waals surface area (Å²) in [6.07, 6.45) is 4.58. The van der Waals surface area contributed by atoms with Crippen LogP contribution in [0.25, 0.3) is 5.65 Å². The van der Waals surface area contributed by atoms with Crippen LogP contribution >= 0.6 is 0 Å². The third-order valence-corrected chi connectivity index (χ3v) is 2.06. The minimum Gasteiger partial charge on any atom is -0.259 e. The first kappa shape index (κ1) is 9.40. The van der Waals surface area contributed by atoms with Gasteiger partial charge >= 0.3 is 5.69 Å². The van der Waals surface area contributed by atoms with E-state index in [-0.39, 0.29) is 11.6 Å². The number of fused-ring (bicyclic) bond motifs is 1. The molecule has 1 unspecified atom stereocenters. The van der Waals surface area contributed by atoms with Gasteiger partial charge in [0.1, 0.15) is 0 Å². The zero-order valence-electron chi connectivity index (χ0n) is 8.16. The lowest BCUT2D eigenvalue weighted by molar-refractivity contribution is 0.513. The van der Waals surface area contributed by atoms with E-state index in [1.807, 2.05) is 0 Å². The quantitative estimate of drug-likeness (QED) is 0.691. The standard InChI is InChI=1S/C9H9N5O/c1-7(4-10)6-14-9(15)13-3-2-11-5-8(13)12-14/h2-3,5,7H,6H2,1H3. The van der Waals surface area contributed by atoms with E-state index in [0.29, 0.717) is 12.2 Å². The second-order valence-electron chi connectivity index (χ2n) is 3.30. The molecule has 0 N–H and O–H groups in total. The fraction of sp³-hybridized carbons (Fsp3) is 0.333. The summed E-state index contributed by atoms with van der Waals surface area (Å²) in [7, 11) is 0. The maximum atomic E-state index is 11.7. The van der Waals surface area contributed by atoms with E-state index in [0.717, 1.165) is 0 Å². The number of hydrogen-bond acceptors (Lipinski definition) is 4. The van der Waals surface area contributed by atoms with Crippen LogP contribution in [-0.4, -0.2) is 19.2 Å². The molecular formula is C9H9N5O. The van der Waals surface area contributed by atoms with Crippen molar-refractivity contribution in [3.8, 4) is 6.07 Å². The van der Waals surface area contributed by atoms with Gasteiger partial charge < -0.3 is 0 Å². The van der Waals surface area contributed by atoms with E-state index in [1.165, 1.54) is 21.5 Å². The van der Waals surface area contributed by atoms with Gasteiger partial charge in [-0.15, -0.1) is 5.10 Å². The molecule has 0 bridgehead atoms. The van der Waals surface area contributed by atoms with Gasteiger partial charge in [-0.05, 0) is 6.92 Å². The minimum atomic E-state index is -0.241. The van der Waals surface area contributed by atoms with E-state index in [1.54, 1.807) is 13.1 Å². The Balaban J connectivity index is 2.50. The van der Waals surface area contributed by atoms with Gasteiger partial charge in [0.05, 0.1) is 24.7 Å². The first-order valence-corrected chi connectivity index (χ1v) is 4.51. The van der Waals surface area contributed by atoms with Gasteiger partial charge in [-0.1, -0.05) is 0 Å². The van der Waals surface area contributed by atoms with Gasteiger partial charge in [-0.25, -0.2) is 13.9 Å².